The molecule has 0 aliphatic carbocycles. The molecule has 1 unspecified atom stereocenters. The van der Waals surface area contributed by atoms with Gasteiger partial charge in [0.2, 0.25) is 11.8 Å². The average molecular weight is 477 g/mol. The van der Waals surface area contributed by atoms with Crippen LogP contribution in [-0.2, 0) is 19.8 Å². The highest BCUT2D eigenvalue weighted by Gasteiger charge is 2.41. The Kier molecular flexibility index (Phi) is 10.7. The SMILES string of the molecule is CN[C@H](C(=O)NC(C(=O)N(C)[C@H](CNCC(=O)O)C(C)C)C(C)(C)C)C(C)(C)c1ccccc1. The molecule has 8 heteroatoms. The molecule has 34 heavy (non-hydrogen) atoms. The smallest absolute Gasteiger partial charge is 0.317 e. The summed E-state index contributed by atoms with van der Waals surface area (Å²) in [5, 5.41) is 18.0. The molecule has 1 aromatic carbocycles. The molecular weight excluding hydrogens is 432 g/mol. The molecule has 0 aromatic heterocycles. The van der Waals surface area contributed by atoms with Crippen LogP contribution in [-0.4, -0.2) is 73.1 Å². The first-order chi connectivity index (χ1) is 15.6. The first-order valence-electron chi connectivity index (χ1n) is 11.9. The van der Waals surface area contributed by atoms with Crippen LogP contribution in [0.25, 0.3) is 0 Å². The standard InChI is InChI=1S/C26H44N4O4/c1-17(2)19(15-28-16-20(31)32)30(9)24(34)22(25(3,4)5)29-23(33)21(27-8)26(6,7)18-13-11-10-12-14-18/h10-14,17,19,21-22,27-28H,15-16H2,1-9H3,(H,29,33)(H,31,32)/t19-,21-,22?/m1/s1. The van der Waals surface area contributed by atoms with Crippen LogP contribution in [0.4, 0.5) is 0 Å². The van der Waals surface area contributed by atoms with Gasteiger partial charge in [-0.15, -0.1) is 0 Å². The maximum Gasteiger partial charge on any atom is 0.317 e. The minimum Gasteiger partial charge on any atom is -0.480 e. The second kappa shape index (κ2) is 12.3. The van der Waals surface area contributed by atoms with Crippen molar-refractivity contribution in [3.05, 3.63) is 35.9 Å². The van der Waals surface area contributed by atoms with E-state index in [1.807, 2.05) is 78.8 Å². The van der Waals surface area contributed by atoms with Gasteiger partial charge in [0.25, 0.3) is 0 Å². The molecule has 1 rings (SSSR count). The number of hydrogen-bond donors (Lipinski definition) is 4. The maximum absolute atomic E-state index is 13.6. The van der Waals surface area contributed by atoms with Crippen molar-refractivity contribution in [3.8, 4) is 0 Å². The van der Waals surface area contributed by atoms with Crippen molar-refractivity contribution in [2.75, 3.05) is 27.2 Å². The number of benzene rings is 1. The lowest BCUT2D eigenvalue weighted by Crippen LogP contribution is -2.62. The fourth-order valence-electron chi connectivity index (χ4n) is 4.24. The van der Waals surface area contributed by atoms with Gasteiger partial charge in [-0.2, -0.15) is 0 Å². The Morgan fingerprint density at radius 1 is 1.00 bits per heavy atom. The van der Waals surface area contributed by atoms with E-state index in [-0.39, 0.29) is 30.3 Å². The van der Waals surface area contributed by atoms with E-state index in [0.29, 0.717) is 6.54 Å². The summed E-state index contributed by atoms with van der Waals surface area (Å²) in [7, 11) is 3.46. The lowest BCUT2D eigenvalue weighted by atomic mass is 9.76. The molecule has 0 saturated carbocycles. The summed E-state index contributed by atoms with van der Waals surface area (Å²) in [5.41, 5.74) is -0.0325. The number of carboxylic acid groups (broad SMARTS) is 1. The first kappa shape index (κ1) is 29.6. The number of carbonyl (C=O) groups excluding carboxylic acids is 2. The molecule has 1 aromatic rings. The van der Waals surface area contributed by atoms with E-state index in [1.54, 1.807) is 19.0 Å². The lowest BCUT2D eigenvalue weighted by Gasteiger charge is -2.40. The number of hydrogen-bond acceptors (Lipinski definition) is 5. The van der Waals surface area contributed by atoms with Crippen molar-refractivity contribution in [2.45, 2.75) is 72.0 Å². The van der Waals surface area contributed by atoms with Gasteiger partial charge in [-0.25, -0.2) is 0 Å². The molecule has 0 aliphatic heterocycles. The lowest BCUT2D eigenvalue weighted by molar-refractivity contribution is -0.141. The summed E-state index contributed by atoms with van der Waals surface area (Å²) in [6.07, 6.45) is 0. The zero-order chi connectivity index (χ0) is 26.3. The van der Waals surface area contributed by atoms with Gasteiger partial charge in [-0.1, -0.05) is 78.8 Å². The molecule has 0 heterocycles. The van der Waals surface area contributed by atoms with Gasteiger partial charge in [-0.3, -0.25) is 14.4 Å². The van der Waals surface area contributed by atoms with E-state index in [0.717, 1.165) is 5.56 Å². The molecule has 0 aliphatic rings. The summed E-state index contributed by atoms with van der Waals surface area (Å²) in [4.78, 5) is 39.7. The van der Waals surface area contributed by atoms with E-state index in [2.05, 4.69) is 16.0 Å². The van der Waals surface area contributed by atoms with Crippen LogP contribution in [0.2, 0.25) is 0 Å². The summed E-state index contributed by atoms with van der Waals surface area (Å²) >= 11 is 0. The van der Waals surface area contributed by atoms with E-state index >= 15 is 0 Å². The quantitative estimate of drug-likeness (QED) is 0.368. The monoisotopic (exact) mass is 476 g/mol. The highest BCUT2D eigenvalue weighted by Crippen LogP contribution is 2.28. The van der Waals surface area contributed by atoms with Gasteiger partial charge < -0.3 is 26.0 Å². The summed E-state index contributed by atoms with van der Waals surface area (Å²) in [5.74, 6) is -1.31. The van der Waals surface area contributed by atoms with E-state index in [1.165, 1.54) is 0 Å². The van der Waals surface area contributed by atoms with Crippen LogP contribution >= 0.6 is 0 Å². The second-order valence-electron chi connectivity index (χ2n) is 10.9. The zero-order valence-electron chi connectivity index (χ0n) is 22.2. The predicted octanol–water partition coefficient (Wildman–Crippen LogP) is 2.24. The summed E-state index contributed by atoms with van der Waals surface area (Å²) in [6, 6.07) is 8.28. The average Bonchev–Trinajstić information content (AvgIpc) is 2.73. The number of likely N-dealkylation sites (N-methyl/N-ethyl adjacent to an activating group) is 2. The molecule has 192 valence electrons. The van der Waals surface area contributed by atoms with Gasteiger partial charge in [0, 0.05) is 25.0 Å². The number of amides is 2. The summed E-state index contributed by atoms with van der Waals surface area (Å²) in [6.45, 7) is 13.9. The molecule has 0 bridgehead atoms. The zero-order valence-corrected chi connectivity index (χ0v) is 22.2. The second-order valence-corrected chi connectivity index (χ2v) is 10.9. The number of rotatable bonds is 12. The molecule has 3 atom stereocenters. The van der Waals surface area contributed by atoms with Crippen LogP contribution in [0.15, 0.2) is 30.3 Å². The number of carboxylic acids is 1. The Bertz CT molecular complexity index is 818. The number of nitrogens with zero attached hydrogens (tertiary/aromatic N) is 1. The third-order valence-corrected chi connectivity index (χ3v) is 6.43. The first-order valence-corrected chi connectivity index (χ1v) is 11.9. The Morgan fingerprint density at radius 2 is 1.56 bits per heavy atom. The van der Waals surface area contributed by atoms with Crippen LogP contribution in [0.1, 0.15) is 54.0 Å². The Labute approximate surface area is 204 Å². The molecule has 0 fully saturated rings. The minimum absolute atomic E-state index is 0.0913. The summed E-state index contributed by atoms with van der Waals surface area (Å²) < 4.78 is 0. The largest absolute Gasteiger partial charge is 0.480 e. The van der Waals surface area contributed by atoms with Crippen LogP contribution in [0.3, 0.4) is 0 Å². The molecule has 0 saturated heterocycles. The fourth-order valence-corrected chi connectivity index (χ4v) is 4.24. The van der Waals surface area contributed by atoms with Crippen LogP contribution < -0.4 is 16.0 Å². The van der Waals surface area contributed by atoms with Crippen molar-refractivity contribution in [3.63, 3.8) is 0 Å². The third kappa shape index (κ3) is 7.81. The molecular formula is C26H44N4O4. The van der Waals surface area contributed by atoms with Crippen molar-refractivity contribution in [1.82, 2.24) is 20.9 Å². The van der Waals surface area contributed by atoms with E-state index in [4.69, 9.17) is 5.11 Å². The van der Waals surface area contributed by atoms with Crippen molar-refractivity contribution < 1.29 is 19.5 Å². The number of carbonyl (C=O) groups is 3. The van der Waals surface area contributed by atoms with E-state index in [9.17, 15) is 14.4 Å². The van der Waals surface area contributed by atoms with Gasteiger partial charge in [-0.05, 0) is 23.9 Å². The predicted molar refractivity (Wildman–Crippen MR) is 136 cm³/mol. The molecule has 4 N–H and O–H groups in total. The molecule has 0 spiro atoms. The maximum atomic E-state index is 13.6. The van der Waals surface area contributed by atoms with Crippen molar-refractivity contribution in [2.24, 2.45) is 11.3 Å². The molecule has 0 radical (unpaired) electrons. The fraction of sp³-hybridized carbons (Fsp3) is 0.654. The van der Waals surface area contributed by atoms with Gasteiger partial charge in [0.1, 0.15) is 6.04 Å². The topological polar surface area (TPSA) is 111 Å². The Morgan fingerprint density at radius 3 is 2.00 bits per heavy atom. The van der Waals surface area contributed by atoms with Crippen LogP contribution in [0, 0.1) is 11.3 Å². The van der Waals surface area contributed by atoms with Crippen LogP contribution in [0.5, 0.6) is 0 Å². The Balaban J connectivity index is 3.15. The third-order valence-electron chi connectivity index (χ3n) is 6.43. The normalized spacial score (nSPS) is 14.9. The van der Waals surface area contributed by atoms with Gasteiger partial charge in [0.15, 0.2) is 0 Å². The Hall–Kier alpha value is -2.45. The number of aliphatic carboxylic acids is 1. The minimum atomic E-state index is -0.949. The number of nitrogens with one attached hydrogen (secondary N) is 3. The molecule has 2 amide bonds. The van der Waals surface area contributed by atoms with Gasteiger partial charge >= 0.3 is 5.97 Å². The van der Waals surface area contributed by atoms with Crippen molar-refractivity contribution in [1.29, 1.82) is 0 Å². The van der Waals surface area contributed by atoms with E-state index < -0.39 is 28.9 Å². The highest BCUT2D eigenvalue weighted by atomic mass is 16.4. The van der Waals surface area contributed by atoms with Crippen molar-refractivity contribution >= 4 is 17.8 Å². The van der Waals surface area contributed by atoms with Gasteiger partial charge in [0.05, 0.1) is 12.6 Å². The highest BCUT2D eigenvalue weighted by molar-refractivity contribution is 5.91. The molecule has 8 nitrogen and oxygen atoms in total.